The largest absolute Gasteiger partial charge is 0.264 e. The molecule has 1 spiro atoms. The molecule has 4 heterocycles. The molecule has 0 bridgehead atoms. The molecule has 0 saturated heterocycles. The average molecular weight is 765 g/mol. The summed E-state index contributed by atoms with van der Waals surface area (Å²) in [7, 11) is -3.85. The fourth-order valence-corrected chi connectivity index (χ4v) is 10.7. The molecule has 2 aliphatic rings. The van der Waals surface area contributed by atoms with Gasteiger partial charge in [-0.3, -0.25) is 9.97 Å². The predicted molar refractivity (Wildman–Crippen MR) is 228 cm³/mol. The van der Waals surface area contributed by atoms with Crippen LogP contribution in [-0.2, 0) is 15.3 Å². The highest BCUT2D eigenvalue weighted by Crippen LogP contribution is 2.59. The van der Waals surface area contributed by atoms with Crippen molar-refractivity contribution in [3.05, 3.63) is 217 Å². The zero-order valence-corrected chi connectivity index (χ0v) is 31.8. The van der Waals surface area contributed by atoms with E-state index in [4.69, 9.17) is 15.0 Å². The van der Waals surface area contributed by atoms with Crippen LogP contribution in [0.1, 0.15) is 22.3 Å². The lowest BCUT2D eigenvalue weighted by molar-refractivity contribution is 0.579. The average Bonchev–Trinajstić information content (AvgIpc) is 3.40. The number of nitrogens with zero attached hydrogens (tertiary/aromatic N) is 4. The number of fused-ring (bicyclic) bond motifs is 11. The minimum atomic E-state index is -3.85. The van der Waals surface area contributed by atoms with Crippen molar-refractivity contribution >= 4 is 9.84 Å². The van der Waals surface area contributed by atoms with Crippen LogP contribution >= 0.6 is 0 Å². The molecule has 0 radical (unpaired) electrons. The van der Waals surface area contributed by atoms with E-state index in [1.54, 1.807) is 24.5 Å². The highest BCUT2D eigenvalue weighted by Gasteiger charge is 2.51. The van der Waals surface area contributed by atoms with Crippen LogP contribution in [0.2, 0.25) is 0 Å². The van der Waals surface area contributed by atoms with Gasteiger partial charge in [-0.1, -0.05) is 127 Å². The van der Waals surface area contributed by atoms with Gasteiger partial charge < -0.3 is 0 Å². The van der Waals surface area contributed by atoms with Crippen molar-refractivity contribution in [3.63, 3.8) is 0 Å². The van der Waals surface area contributed by atoms with E-state index >= 15 is 0 Å². The van der Waals surface area contributed by atoms with Gasteiger partial charge in [-0.25, -0.2) is 18.4 Å². The van der Waals surface area contributed by atoms with Gasteiger partial charge in [0.2, 0.25) is 9.84 Å². The maximum atomic E-state index is 14.6. The third-order valence-electron chi connectivity index (χ3n) is 11.5. The zero-order chi connectivity index (χ0) is 38.8. The lowest BCUT2D eigenvalue weighted by atomic mass is 9.63. The summed E-state index contributed by atoms with van der Waals surface area (Å²) in [5.41, 5.74) is 12.5. The second-order valence-electron chi connectivity index (χ2n) is 14.6. The summed E-state index contributed by atoms with van der Waals surface area (Å²) in [5.74, 6) is 0.543. The maximum absolute atomic E-state index is 14.6. The summed E-state index contributed by atoms with van der Waals surface area (Å²) < 4.78 is 29.1. The lowest BCUT2D eigenvalue weighted by Crippen LogP contribution is -2.38. The summed E-state index contributed by atoms with van der Waals surface area (Å²) in [6.45, 7) is 0. The van der Waals surface area contributed by atoms with E-state index in [2.05, 4.69) is 83.8 Å². The van der Waals surface area contributed by atoms with Crippen molar-refractivity contribution in [2.75, 3.05) is 0 Å². The van der Waals surface area contributed by atoms with Crippen molar-refractivity contribution in [2.45, 2.75) is 15.2 Å². The molecule has 3 aromatic heterocycles. The molecule has 1 aliphatic heterocycles. The van der Waals surface area contributed by atoms with Crippen LogP contribution in [0, 0.1) is 0 Å². The minimum absolute atomic E-state index is 0.309. The molecule has 7 heteroatoms. The Balaban J connectivity index is 1.21. The molecule has 1 aliphatic carbocycles. The first kappa shape index (κ1) is 33.9. The standard InChI is InChI=1S/C51H32N4O2S/c56-58(57)48-22-10-8-20-42(48)51(43-21-9-11-23-49(43)58)41-19-7-6-18-39(41)37-16-4-5-17-38(37)40-26-24-34(29-44(40)51)47-30-46(33-13-2-1-3-14-33)54-50(55-47)36-25-27-45(53-32-36)35-15-12-28-52-31-35/h1-32H. The van der Waals surface area contributed by atoms with Crippen LogP contribution in [0.3, 0.4) is 0 Å². The number of pyridine rings is 2. The normalized spacial score (nSPS) is 13.9. The van der Waals surface area contributed by atoms with Crippen LogP contribution in [0.5, 0.6) is 0 Å². The fourth-order valence-electron chi connectivity index (χ4n) is 8.95. The number of benzene rings is 6. The minimum Gasteiger partial charge on any atom is -0.264 e. The molecule has 0 unspecified atom stereocenters. The predicted octanol–water partition coefficient (Wildman–Crippen LogP) is 11.1. The van der Waals surface area contributed by atoms with Crippen molar-refractivity contribution in [1.82, 2.24) is 19.9 Å². The van der Waals surface area contributed by atoms with Crippen molar-refractivity contribution in [1.29, 1.82) is 0 Å². The Morgan fingerprint density at radius 2 is 0.966 bits per heavy atom. The molecular weight excluding hydrogens is 733 g/mol. The van der Waals surface area contributed by atoms with Gasteiger partial charge in [0.05, 0.1) is 32.3 Å². The lowest BCUT2D eigenvalue weighted by Gasteiger charge is -2.42. The molecule has 274 valence electrons. The van der Waals surface area contributed by atoms with Crippen molar-refractivity contribution < 1.29 is 8.42 Å². The summed E-state index contributed by atoms with van der Waals surface area (Å²) in [6, 6.07) is 58.5. The Bertz CT molecular complexity index is 3130. The number of sulfone groups is 1. The molecule has 0 N–H and O–H groups in total. The van der Waals surface area contributed by atoms with Gasteiger partial charge in [-0.2, -0.15) is 0 Å². The fraction of sp³-hybridized carbons (Fsp3) is 0.0196. The van der Waals surface area contributed by atoms with E-state index in [9.17, 15) is 8.42 Å². The van der Waals surface area contributed by atoms with Gasteiger partial charge in [-0.05, 0) is 93.0 Å². The van der Waals surface area contributed by atoms with E-state index in [0.29, 0.717) is 15.6 Å². The Morgan fingerprint density at radius 3 is 1.62 bits per heavy atom. The number of hydrogen-bond donors (Lipinski definition) is 0. The third-order valence-corrected chi connectivity index (χ3v) is 13.4. The van der Waals surface area contributed by atoms with Crippen LogP contribution in [0.25, 0.3) is 67.4 Å². The van der Waals surface area contributed by atoms with Crippen molar-refractivity contribution in [3.8, 4) is 67.4 Å². The van der Waals surface area contributed by atoms with E-state index in [0.717, 1.165) is 83.8 Å². The topological polar surface area (TPSA) is 85.7 Å². The Hall–Kier alpha value is -7.35. The first-order chi connectivity index (χ1) is 28.5. The molecule has 0 atom stereocenters. The van der Waals surface area contributed by atoms with Gasteiger partial charge in [0.25, 0.3) is 0 Å². The van der Waals surface area contributed by atoms with E-state index in [-0.39, 0.29) is 0 Å². The van der Waals surface area contributed by atoms with Crippen LogP contribution in [0.4, 0.5) is 0 Å². The molecule has 58 heavy (non-hydrogen) atoms. The van der Waals surface area contributed by atoms with E-state index in [1.165, 1.54) is 0 Å². The Morgan fingerprint density at radius 1 is 0.397 bits per heavy atom. The van der Waals surface area contributed by atoms with E-state index < -0.39 is 15.3 Å². The number of hydrogen-bond acceptors (Lipinski definition) is 6. The second kappa shape index (κ2) is 13.1. The SMILES string of the molecule is O=S1(=O)c2ccccc2C2(c3ccccc3-c3ccccc3-c3ccc(-c4cc(-c5ccccc5)nc(-c5ccc(-c6cccnc6)nc5)n4)cc32)c2ccccc21. The number of rotatable bonds is 4. The molecular formula is C51H32N4O2S. The van der Waals surface area contributed by atoms with Gasteiger partial charge in [-0.15, -0.1) is 0 Å². The molecule has 0 amide bonds. The molecule has 11 rings (SSSR count). The van der Waals surface area contributed by atoms with Crippen LogP contribution in [-0.4, -0.2) is 28.4 Å². The molecule has 6 aromatic carbocycles. The van der Waals surface area contributed by atoms with E-state index in [1.807, 2.05) is 91.1 Å². The zero-order valence-electron chi connectivity index (χ0n) is 31.0. The highest BCUT2D eigenvalue weighted by molar-refractivity contribution is 7.91. The second-order valence-corrected chi connectivity index (χ2v) is 16.5. The number of aromatic nitrogens is 4. The first-order valence-corrected chi connectivity index (χ1v) is 20.6. The van der Waals surface area contributed by atoms with Gasteiger partial charge >= 0.3 is 0 Å². The highest BCUT2D eigenvalue weighted by atomic mass is 32.2. The summed E-state index contributed by atoms with van der Waals surface area (Å²) in [6.07, 6.45) is 5.36. The smallest absolute Gasteiger partial charge is 0.207 e. The van der Waals surface area contributed by atoms with Crippen molar-refractivity contribution in [2.24, 2.45) is 0 Å². The Labute approximate surface area is 336 Å². The summed E-state index contributed by atoms with van der Waals surface area (Å²) >= 11 is 0. The third kappa shape index (κ3) is 5.07. The first-order valence-electron chi connectivity index (χ1n) is 19.1. The van der Waals surface area contributed by atoms with Gasteiger partial charge in [0, 0.05) is 40.8 Å². The van der Waals surface area contributed by atoms with Crippen LogP contribution in [0.15, 0.2) is 204 Å². The molecule has 0 saturated carbocycles. The van der Waals surface area contributed by atoms with Gasteiger partial charge in [0.15, 0.2) is 5.82 Å². The van der Waals surface area contributed by atoms with Gasteiger partial charge in [0.1, 0.15) is 0 Å². The monoisotopic (exact) mass is 764 g/mol. The Kier molecular flexibility index (Phi) is 7.68. The molecule has 6 nitrogen and oxygen atoms in total. The molecule has 9 aromatic rings. The maximum Gasteiger partial charge on any atom is 0.207 e. The summed E-state index contributed by atoms with van der Waals surface area (Å²) in [4.78, 5) is 20.0. The van der Waals surface area contributed by atoms with Crippen LogP contribution < -0.4 is 0 Å². The summed E-state index contributed by atoms with van der Waals surface area (Å²) in [5, 5.41) is 0. The molecule has 0 fully saturated rings. The quantitative estimate of drug-likeness (QED) is 0.177.